The van der Waals surface area contributed by atoms with E-state index in [-0.39, 0.29) is 23.0 Å². The Bertz CT molecular complexity index is 1080. The Morgan fingerprint density at radius 2 is 1.86 bits per heavy atom. The Balaban J connectivity index is 1.94. The number of nitrogens with zero attached hydrogens (tertiary/aromatic N) is 2. The summed E-state index contributed by atoms with van der Waals surface area (Å²) in [5.74, 6) is -0.290. The number of ether oxygens (including phenoxy) is 2. The normalized spacial score (nSPS) is 13.8. The van der Waals surface area contributed by atoms with Crippen LogP contribution in [0.2, 0.25) is 0 Å². The van der Waals surface area contributed by atoms with Crippen LogP contribution in [0.4, 0.5) is 13.2 Å². The molecule has 0 bridgehead atoms. The first-order chi connectivity index (χ1) is 17.5. The predicted molar refractivity (Wildman–Crippen MR) is 137 cm³/mol. The highest BCUT2D eigenvalue weighted by Crippen LogP contribution is 2.37. The fraction of sp³-hybridized carbons (Fsp3) is 0.391. The van der Waals surface area contributed by atoms with Crippen molar-refractivity contribution in [1.82, 2.24) is 0 Å². The van der Waals surface area contributed by atoms with Crippen molar-refractivity contribution in [3.8, 4) is 5.75 Å². The van der Waals surface area contributed by atoms with Gasteiger partial charge in [0, 0.05) is 18.4 Å². The maximum atomic E-state index is 13.7. The zero-order valence-electron chi connectivity index (χ0n) is 20.0. The maximum Gasteiger partial charge on any atom is 0.469 e. The summed E-state index contributed by atoms with van der Waals surface area (Å²) in [5.41, 5.74) is 5.86. The lowest BCUT2D eigenvalue weighted by Gasteiger charge is -2.15. The lowest BCUT2D eigenvalue weighted by atomic mass is 10.1. The molecule has 2 rings (SSSR count). The van der Waals surface area contributed by atoms with Gasteiger partial charge in [-0.05, 0) is 42.9 Å². The van der Waals surface area contributed by atoms with Crippen LogP contribution in [0, 0.1) is 0 Å². The summed E-state index contributed by atoms with van der Waals surface area (Å²) in [6, 6.07) is 12.3. The summed E-state index contributed by atoms with van der Waals surface area (Å²) in [5, 5.41) is 7.74. The molecule has 9 nitrogen and oxygen atoms in total. The van der Waals surface area contributed by atoms with E-state index < -0.39 is 32.2 Å². The zero-order chi connectivity index (χ0) is 27.3. The van der Waals surface area contributed by atoms with Gasteiger partial charge in [-0.25, -0.2) is 4.57 Å². The highest BCUT2D eigenvalue weighted by atomic mass is 32.2. The third-order valence-electron chi connectivity index (χ3n) is 4.62. The van der Waals surface area contributed by atoms with Gasteiger partial charge in [-0.15, -0.1) is 16.9 Å². The molecule has 0 aliphatic heterocycles. The summed E-state index contributed by atoms with van der Waals surface area (Å²) >= 11 is 1.06. The molecule has 0 aliphatic carbocycles. The number of thioether (sulfide) groups is 1. The minimum atomic E-state index is -4.68. The van der Waals surface area contributed by atoms with Crippen molar-refractivity contribution in [3.05, 3.63) is 65.2 Å². The number of unbranched alkanes of at least 4 members (excludes halogenated alkanes) is 1. The molecule has 37 heavy (non-hydrogen) atoms. The monoisotopic (exact) mass is 563 g/mol. The highest BCUT2D eigenvalue weighted by Gasteiger charge is 2.35. The molecule has 0 radical (unpaired) electrons. The van der Waals surface area contributed by atoms with E-state index in [0.717, 1.165) is 29.6 Å². The van der Waals surface area contributed by atoms with Crippen LogP contribution in [-0.2, 0) is 26.6 Å². The van der Waals surface area contributed by atoms with Crippen LogP contribution in [0.15, 0.2) is 58.7 Å². The van der Waals surface area contributed by atoms with Gasteiger partial charge in [-0.2, -0.15) is 18.3 Å². The first-order valence-electron chi connectivity index (χ1n) is 11.1. The zero-order valence-corrected chi connectivity index (χ0v) is 21.7. The van der Waals surface area contributed by atoms with Crippen LogP contribution >= 0.6 is 19.6 Å². The van der Waals surface area contributed by atoms with Gasteiger partial charge >= 0.3 is 14.0 Å². The van der Waals surface area contributed by atoms with Crippen molar-refractivity contribution in [1.29, 1.82) is 0 Å². The molecule has 0 spiro atoms. The van der Waals surface area contributed by atoms with Gasteiger partial charge in [0.15, 0.2) is 0 Å². The smallest absolute Gasteiger partial charge is 0.469 e. The van der Waals surface area contributed by atoms with Crippen molar-refractivity contribution in [2.24, 2.45) is 15.9 Å². The molecule has 0 aliphatic rings. The lowest BCUT2D eigenvalue weighted by Crippen LogP contribution is -2.27. The Hall–Kier alpha value is -2.25. The van der Waals surface area contributed by atoms with Gasteiger partial charge in [0.2, 0.25) is 0 Å². The fourth-order valence-electron chi connectivity index (χ4n) is 2.88. The van der Waals surface area contributed by atoms with E-state index in [4.69, 9.17) is 25.0 Å². The summed E-state index contributed by atoms with van der Waals surface area (Å²) in [6.07, 6.45) is -0.819. The molecule has 0 amide bonds. The predicted octanol–water partition coefficient (Wildman–Crippen LogP) is 4.61. The number of alkyl halides is 3. The second kappa shape index (κ2) is 15.2. The van der Waals surface area contributed by atoms with Crippen LogP contribution in [-0.4, -0.2) is 53.2 Å². The van der Waals surface area contributed by atoms with Crippen LogP contribution in [0.3, 0.4) is 0 Å². The molecule has 4 N–H and O–H groups in total. The molecule has 0 saturated carbocycles. The van der Waals surface area contributed by atoms with E-state index in [1.54, 1.807) is 6.26 Å². The van der Waals surface area contributed by atoms with Crippen LogP contribution in [0.5, 0.6) is 5.75 Å². The number of rotatable bonds is 14. The average molecular weight is 564 g/mol. The Morgan fingerprint density at radius 3 is 2.51 bits per heavy atom. The SMILES string of the molecule is CS/C(=N\N=C\C(N)COP(=O)(O)O)c1ccc(OCCCCOCc2ccccc2)c(C(F)(F)F)c1. The van der Waals surface area contributed by atoms with Gasteiger partial charge in [0.1, 0.15) is 10.8 Å². The minimum Gasteiger partial charge on any atom is -0.493 e. The maximum absolute atomic E-state index is 13.7. The molecule has 1 unspecified atom stereocenters. The van der Waals surface area contributed by atoms with Crippen molar-refractivity contribution < 1.29 is 41.5 Å². The molecule has 2 aromatic carbocycles. The molecule has 0 aromatic heterocycles. The van der Waals surface area contributed by atoms with Gasteiger partial charge < -0.3 is 25.0 Å². The number of hydrogen-bond donors (Lipinski definition) is 3. The van der Waals surface area contributed by atoms with Gasteiger partial charge in [-0.1, -0.05) is 30.3 Å². The van der Waals surface area contributed by atoms with Gasteiger partial charge in [0.05, 0.1) is 31.4 Å². The number of nitrogens with two attached hydrogens (primary N) is 1. The van der Waals surface area contributed by atoms with Crippen LogP contribution < -0.4 is 10.5 Å². The second-order valence-electron chi connectivity index (χ2n) is 7.63. The number of benzene rings is 2. The largest absolute Gasteiger partial charge is 0.493 e. The molecule has 0 heterocycles. The van der Waals surface area contributed by atoms with Crippen molar-refractivity contribution in [3.63, 3.8) is 0 Å². The van der Waals surface area contributed by atoms with E-state index in [2.05, 4.69) is 14.7 Å². The standard InChI is InChI=1S/C23H29F3N3O6PS/c1-37-22(29-28-14-19(27)16-35-36(30,31)32)18-9-10-21(20(13-18)23(24,25)26)34-12-6-5-11-33-15-17-7-3-2-4-8-17/h2-4,7-10,13-14,19H,5-6,11-12,15-16,27H2,1H3,(H2,30,31,32)/b28-14+,29-22-. The number of phosphoric acid groups is 1. The second-order valence-corrected chi connectivity index (χ2v) is 9.66. The van der Waals surface area contributed by atoms with E-state index in [9.17, 15) is 17.7 Å². The molecule has 0 saturated heterocycles. The summed E-state index contributed by atoms with van der Waals surface area (Å²) in [7, 11) is -4.68. The molecule has 1 atom stereocenters. The molecular weight excluding hydrogens is 534 g/mol. The lowest BCUT2D eigenvalue weighted by molar-refractivity contribution is -0.139. The molecule has 2 aromatic rings. The van der Waals surface area contributed by atoms with Crippen LogP contribution in [0.1, 0.15) is 29.5 Å². The topological polar surface area (TPSA) is 136 Å². The van der Waals surface area contributed by atoms with Gasteiger partial charge in [0.25, 0.3) is 0 Å². The first-order valence-corrected chi connectivity index (χ1v) is 13.8. The quantitative estimate of drug-likeness (QED) is 0.0997. The summed E-state index contributed by atoms with van der Waals surface area (Å²) in [4.78, 5) is 17.3. The van der Waals surface area contributed by atoms with Crippen molar-refractivity contribution >= 4 is 30.8 Å². The number of phosphoric ester groups is 1. The third kappa shape index (κ3) is 12.2. The minimum absolute atomic E-state index is 0.0967. The molecule has 204 valence electrons. The van der Waals surface area contributed by atoms with Gasteiger partial charge in [-0.3, -0.25) is 4.52 Å². The first kappa shape index (κ1) is 31.0. The van der Waals surface area contributed by atoms with E-state index in [1.807, 2.05) is 30.3 Å². The fourth-order valence-corrected chi connectivity index (χ4v) is 3.73. The Kier molecular flexibility index (Phi) is 12.7. The van der Waals surface area contributed by atoms with E-state index >= 15 is 0 Å². The highest BCUT2D eigenvalue weighted by molar-refractivity contribution is 8.13. The summed E-state index contributed by atoms with van der Waals surface area (Å²) in [6.45, 7) is 0.519. The Morgan fingerprint density at radius 1 is 1.16 bits per heavy atom. The van der Waals surface area contributed by atoms with Crippen LogP contribution in [0.25, 0.3) is 0 Å². The number of halogens is 3. The molecule has 14 heteroatoms. The number of hydrogen-bond acceptors (Lipinski definition) is 8. The Labute approximate surface area is 217 Å². The third-order valence-corrected chi connectivity index (χ3v) is 5.81. The van der Waals surface area contributed by atoms with E-state index in [0.29, 0.717) is 26.1 Å². The van der Waals surface area contributed by atoms with Crippen molar-refractivity contribution in [2.75, 3.05) is 26.1 Å². The van der Waals surface area contributed by atoms with E-state index in [1.165, 1.54) is 12.1 Å². The summed E-state index contributed by atoms with van der Waals surface area (Å²) < 4.78 is 67.0. The van der Waals surface area contributed by atoms with Crippen molar-refractivity contribution in [2.45, 2.75) is 31.7 Å². The molecular formula is C23H29F3N3O6PS. The average Bonchev–Trinajstić information content (AvgIpc) is 2.84. The molecule has 0 fully saturated rings.